The number of thiazole rings is 1. The van der Waals surface area contributed by atoms with E-state index in [0.29, 0.717) is 0 Å². The van der Waals surface area contributed by atoms with Crippen LogP contribution < -0.4 is 5.32 Å². The van der Waals surface area contributed by atoms with Gasteiger partial charge in [-0.05, 0) is 17.7 Å². The summed E-state index contributed by atoms with van der Waals surface area (Å²) in [5.74, 6) is 0. The number of benzene rings is 2. The van der Waals surface area contributed by atoms with Crippen LogP contribution in [0.3, 0.4) is 0 Å². The summed E-state index contributed by atoms with van der Waals surface area (Å²) in [6, 6.07) is 18.0. The molecule has 0 radical (unpaired) electrons. The van der Waals surface area contributed by atoms with E-state index in [-0.39, 0.29) is 0 Å². The van der Waals surface area contributed by atoms with Crippen LogP contribution in [0.5, 0.6) is 0 Å². The van der Waals surface area contributed by atoms with Crippen LogP contribution in [0.2, 0.25) is 5.02 Å². The Bertz CT molecular complexity index is 694. The van der Waals surface area contributed by atoms with Crippen LogP contribution in [-0.2, 0) is 6.54 Å². The normalized spacial score (nSPS) is 10.4. The molecule has 0 unspecified atom stereocenters. The lowest BCUT2D eigenvalue weighted by atomic mass is 10.2. The molecule has 3 aromatic rings. The average molecular weight is 301 g/mol. The molecule has 1 aromatic heterocycles. The van der Waals surface area contributed by atoms with Crippen LogP contribution in [0.4, 0.5) is 5.13 Å². The van der Waals surface area contributed by atoms with Crippen molar-refractivity contribution in [1.82, 2.24) is 4.98 Å². The quantitative estimate of drug-likeness (QED) is 0.727. The molecule has 20 heavy (non-hydrogen) atoms. The minimum absolute atomic E-state index is 0.725. The second-order valence-electron chi connectivity index (χ2n) is 4.39. The summed E-state index contributed by atoms with van der Waals surface area (Å²) in [4.78, 5) is 4.59. The molecule has 2 aromatic carbocycles. The fourth-order valence-electron chi connectivity index (χ4n) is 1.92. The first kappa shape index (κ1) is 13.2. The summed E-state index contributed by atoms with van der Waals surface area (Å²) >= 11 is 7.58. The van der Waals surface area contributed by atoms with Crippen molar-refractivity contribution in [2.45, 2.75) is 6.54 Å². The number of halogens is 1. The number of nitrogens with one attached hydrogen (secondary N) is 1. The van der Waals surface area contributed by atoms with Crippen molar-refractivity contribution in [3.05, 3.63) is 70.6 Å². The lowest BCUT2D eigenvalue weighted by molar-refractivity contribution is 1.14. The fraction of sp³-hybridized carbons (Fsp3) is 0.0625. The molecule has 0 spiro atoms. The zero-order valence-electron chi connectivity index (χ0n) is 10.7. The van der Waals surface area contributed by atoms with Gasteiger partial charge in [0.1, 0.15) is 0 Å². The van der Waals surface area contributed by atoms with Crippen molar-refractivity contribution in [2.75, 3.05) is 5.32 Å². The molecule has 0 aliphatic carbocycles. The van der Waals surface area contributed by atoms with E-state index >= 15 is 0 Å². The Morgan fingerprint density at radius 1 is 1.05 bits per heavy atom. The van der Waals surface area contributed by atoms with E-state index in [1.807, 2.05) is 42.5 Å². The third kappa shape index (κ3) is 3.18. The molecule has 100 valence electrons. The topological polar surface area (TPSA) is 24.9 Å². The fourth-order valence-corrected chi connectivity index (χ4v) is 2.85. The average Bonchev–Trinajstić information content (AvgIpc) is 2.95. The van der Waals surface area contributed by atoms with E-state index in [0.717, 1.165) is 33.5 Å². The Balaban J connectivity index is 1.69. The maximum atomic E-state index is 5.97. The van der Waals surface area contributed by atoms with E-state index in [9.17, 15) is 0 Å². The van der Waals surface area contributed by atoms with Gasteiger partial charge in [-0.15, -0.1) is 11.3 Å². The molecule has 1 N–H and O–H groups in total. The molecule has 0 atom stereocenters. The van der Waals surface area contributed by atoms with Crippen molar-refractivity contribution < 1.29 is 0 Å². The van der Waals surface area contributed by atoms with Gasteiger partial charge in [-0.1, -0.05) is 54.1 Å². The summed E-state index contributed by atoms with van der Waals surface area (Å²) in [5.41, 5.74) is 3.29. The van der Waals surface area contributed by atoms with E-state index in [2.05, 4.69) is 27.8 Å². The molecule has 4 heteroatoms. The summed E-state index contributed by atoms with van der Waals surface area (Å²) in [7, 11) is 0. The van der Waals surface area contributed by atoms with Crippen LogP contribution in [0.1, 0.15) is 5.56 Å². The highest BCUT2D eigenvalue weighted by Crippen LogP contribution is 2.25. The predicted molar refractivity (Wildman–Crippen MR) is 86.3 cm³/mol. The summed E-state index contributed by atoms with van der Waals surface area (Å²) in [6.45, 7) is 0.725. The minimum atomic E-state index is 0.725. The summed E-state index contributed by atoms with van der Waals surface area (Å²) in [5, 5.41) is 7.07. The standard InChI is InChI=1S/C16H13ClN2S/c17-14-8-4-5-12(9-14)10-18-16-19-15(11-20-16)13-6-2-1-3-7-13/h1-9,11H,10H2,(H,18,19). The molecule has 0 saturated heterocycles. The predicted octanol–water partition coefficient (Wildman–Crippen LogP) is 5.08. The smallest absolute Gasteiger partial charge is 0.183 e. The maximum absolute atomic E-state index is 5.97. The Kier molecular flexibility index (Phi) is 4.00. The highest BCUT2D eigenvalue weighted by Gasteiger charge is 2.03. The van der Waals surface area contributed by atoms with E-state index in [4.69, 9.17) is 11.6 Å². The second-order valence-corrected chi connectivity index (χ2v) is 5.68. The van der Waals surface area contributed by atoms with Crippen molar-refractivity contribution in [2.24, 2.45) is 0 Å². The SMILES string of the molecule is Clc1cccc(CNc2nc(-c3ccccc3)cs2)c1. The Morgan fingerprint density at radius 3 is 2.70 bits per heavy atom. The Morgan fingerprint density at radius 2 is 1.90 bits per heavy atom. The van der Waals surface area contributed by atoms with Gasteiger partial charge < -0.3 is 5.32 Å². The zero-order valence-corrected chi connectivity index (χ0v) is 12.3. The summed E-state index contributed by atoms with van der Waals surface area (Å²) < 4.78 is 0. The number of anilines is 1. The van der Waals surface area contributed by atoms with Crippen molar-refractivity contribution in [1.29, 1.82) is 0 Å². The molecule has 0 bridgehead atoms. The van der Waals surface area contributed by atoms with Crippen molar-refractivity contribution in [3.63, 3.8) is 0 Å². The van der Waals surface area contributed by atoms with Gasteiger partial charge in [0.25, 0.3) is 0 Å². The van der Waals surface area contributed by atoms with E-state index < -0.39 is 0 Å². The van der Waals surface area contributed by atoms with Gasteiger partial charge in [0.2, 0.25) is 0 Å². The van der Waals surface area contributed by atoms with Gasteiger partial charge in [-0.25, -0.2) is 4.98 Å². The molecule has 0 amide bonds. The molecule has 3 rings (SSSR count). The highest BCUT2D eigenvalue weighted by atomic mass is 35.5. The number of aromatic nitrogens is 1. The molecule has 2 nitrogen and oxygen atoms in total. The Hall–Kier alpha value is -1.84. The number of hydrogen-bond donors (Lipinski definition) is 1. The lowest BCUT2D eigenvalue weighted by Gasteiger charge is -2.03. The van der Waals surface area contributed by atoms with E-state index in [1.165, 1.54) is 0 Å². The molecule has 0 aliphatic rings. The molecule has 1 heterocycles. The molecular weight excluding hydrogens is 288 g/mol. The highest BCUT2D eigenvalue weighted by molar-refractivity contribution is 7.14. The first-order valence-electron chi connectivity index (χ1n) is 6.30. The van der Waals surface area contributed by atoms with Gasteiger partial charge in [-0.2, -0.15) is 0 Å². The van der Waals surface area contributed by atoms with Gasteiger partial charge in [0.05, 0.1) is 5.69 Å². The van der Waals surface area contributed by atoms with Crippen molar-refractivity contribution in [3.8, 4) is 11.3 Å². The summed E-state index contributed by atoms with van der Waals surface area (Å²) in [6.07, 6.45) is 0. The van der Waals surface area contributed by atoms with Crippen LogP contribution in [0, 0.1) is 0 Å². The molecule has 0 fully saturated rings. The largest absolute Gasteiger partial charge is 0.357 e. The first-order valence-corrected chi connectivity index (χ1v) is 7.56. The lowest BCUT2D eigenvalue weighted by Crippen LogP contribution is -1.98. The van der Waals surface area contributed by atoms with Crippen LogP contribution in [0.15, 0.2) is 60.0 Å². The number of nitrogens with zero attached hydrogens (tertiary/aromatic N) is 1. The first-order chi connectivity index (χ1) is 9.81. The van der Waals surface area contributed by atoms with Gasteiger partial charge in [0, 0.05) is 22.5 Å². The van der Waals surface area contributed by atoms with Gasteiger partial charge in [0.15, 0.2) is 5.13 Å². The van der Waals surface area contributed by atoms with E-state index in [1.54, 1.807) is 11.3 Å². The molecular formula is C16H13ClN2S. The minimum Gasteiger partial charge on any atom is -0.357 e. The van der Waals surface area contributed by atoms with Gasteiger partial charge >= 0.3 is 0 Å². The van der Waals surface area contributed by atoms with Crippen molar-refractivity contribution >= 4 is 28.1 Å². The third-order valence-electron chi connectivity index (χ3n) is 2.91. The monoisotopic (exact) mass is 300 g/mol. The molecule has 0 aliphatic heterocycles. The van der Waals surface area contributed by atoms with Crippen LogP contribution in [-0.4, -0.2) is 4.98 Å². The van der Waals surface area contributed by atoms with Gasteiger partial charge in [-0.3, -0.25) is 0 Å². The maximum Gasteiger partial charge on any atom is 0.183 e. The third-order valence-corrected chi connectivity index (χ3v) is 3.94. The number of hydrogen-bond acceptors (Lipinski definition) is 3. The van der Waals surface area contributed by atoms with Crippen LogP contribution in [0.25, 0.3) is 11.3 Å². The Labute approximate surface area is 127 Å². The molecule has 0 saturated carbocycles. The number of rotatable bonds is 4. The second kappa shape index (κ2) is 6.07. The zero-order chi connectivity index (χ0) is 13.8. The van der Waals surface area contributed by atoms with Crippen LogP contribution >= 0.6 is 22.9 Å².